The molecule has 2 N–H and O–H groups in total. The third-order valence-electron chi connectivity index (χ3n) is 14.4. The topological polar surface area (TPSA) is 201 Å². The molecule has 1 unspecified atom stereocenters. The first-order valence-electron chi connectivity index (χ1n) is 25.0. The molecule has 2 aliphatic heterocycles. The zero-order valence-electron chi connectivity index (χ0n) is 44.0. The van der Waals surface area contributed by atoms with Crippen molar-refractivity contribution in [2.75, 3.05) is 39.4 Å². The standard InChI is InChI=1S/C55H64N7O11PSeSi/c1-35-30-61(53(65)60-51(35)63)46-28-42(44(70-46)31-68-55(37-18-14-11-15-19-37,38-20-24-40(66-5)25-21-38)39-22-26-41(67-6)27-23-39)72-74(7,75)69-32-45-43(73-76(8,9)54(2,3)4)29-47(71-45)62-34-58-48-49(56-33-57-50(48)62)59-52(64)36-16-12-10-13-17-36/h10-27,30,33-34,42-47H,28-29,31-32H2,1-9H3,(H,60,63,65)(H,56,57,59,64)/t42-,43-,44+,45+,46+,47+,74?/m0/s1. The second-order valence-corrected chi connectivity index (χ2v) is 31.5. The predicted molar refractivity (Wildman–Crippen MR) is 293 cm³/mol. The van der Waals surface area contributed by atoms with E-state index in [1.807, 2.05) is 96.2 Å². The predicted octanol–water partition coefficient (Wildman–Crippen LogP) is 8.89. The monoisotopic (exact) mass is 1140 g/mol. The molecule has 7 aromatic rings. The molecule has 5 heterocycles. The SMILES string of the molecule is COc1ccc(C(OC[C@H]2O[C@@H](n3cc(C)c(=O)[nH]c3=O)C[C@@H]2OP(C)(=[Se])OC[C@H]2O[C@@H](n3cnc4c(NC(=O)c5ccccc5)ncnc43)C[C@@H]2O[Si](C)(C)C(C)(C)C)(c2ccccc2)c2ccc(OC)cc2)cc1. The van der Waals surface area contributed by atoms with Crippen LogP contribution in [0.4, 0.5) is 5.82 Å². The van der Waals surface area contributed by atoms with E-state index >= 15 is 0 Å². The van der Waals surface area contributed by atoms with Gasteiger partial charge in [0.1, 0.15) is 0 Å². The van der Waals surface area contributed by atoms with Gasteiger partial charge in [-0.2, -0.15) is 0 Å². The Labute approximate surface area is 449 Å². The molecule has 0 spiro atoms. The van der Waals surface area contributed by atoms with Crippen LogP contribution in [0.3, 0.4) is 0 Å². The number of hydrogen-bond acceptors (Lipinski definition) is 14. The first-order chi connectivity index (χ1) is 36.3. The van der Waals surface area contributed by atoms with E-state index in [9.17, 15) is 14.4 Å². The number of aryl methyl sites for hydroxylation is 1. The fraction of sp³-hybridized carbons (Fsp3) is 0.382. The molecule has 0 radical (unpaired) electrons. The Morgan fingerprint density at radius 1 is 0.789 bits per heavy atom. The number of nitrogens with zero attached hydrogens (tertiary/aromatic N) is 5. The summed E-state index contributed by atoms with van der Waals surface area (Å²) in [4.78, 5) is 55.2. The number of imidazole rings is 1. The summed E-state index contributed by atoms with van der Waals surface area (Å²) in [5, 5.41) is 2.78. The minimum absolute atomic E-state index is 0.0128. The number of H-pyrrole nitrogens is 1. The summed E-state index contributed by atoms with van der Waals surface area (Å²) in [5.74, 6) is -1.58. The first-order valence-corrected chi connectivity index (χ1v) is 32.2. The number of anilines is 1. The third kappa shape index (κ3) is 11.7. The summed E-state index contributed by atoms with van der Waals surface area (Å²) in [6, 6.07) is 34.3. The number of nitrogens with one attached hydrogen (secondary N) is 2. The molecule has 18 nitrogen and oxygen atoms in total. The number of fused-ring (bicyclic) bond motifs is 1. The molecule has 76 heavy (non-hydrogen) atoms. The molecule has 3 aromatic heterocycles. The molecule has 21 heteroatoms. The van der Waals surface area contributed by atoms with Crippen molar-refractivity contribution in [3.05, 3.63) is 177 Å². The molecule has 4 aromatic carbocycles. The van der Waals surface area contributed by atoms with Gasteiger partial charge in [0.15, 0.2) is 0 Å². The summed E-state index contributed by atoms with van der Waals surface area (Å²) in [7, 11) is 0.877. The van der Waals surface area contributed by atoms with Gasteiger partial charge in [-0.05, 0) is 12.1 Å². The summed E-state index contributed by atoms with van der Waals surface area (Å²) in [6.45, 7) is 14.6. The van der Waals surface area contributed by atoms with Crippen molar-refractivity contribution >= 4 is 52.3 Å². The third-order valence-corrected chi connectivity index (χ3v) is 21.4. The van der Waals surface area contributed by atoms with Gasteiger partial charge in [0.2, 0.25) is 0 Å². The molecule has 1 amide bonds. The summed E-state index contributed by atoms with van der Waals surface area (Å²) in [6.07, 6.45) is 1.43. The number of carbonyl (C=O) groups is 1. The number of methoxy groups -OCH3 is 2. The fourth-order valence-corrected chi connectivity index (χ4v) is 13.0. The van der Waals surface area contributed by atoms with E-state index < -0.39 is 61.9 Å². The van der Waals surface area contributed by atoms with E-state index in [0.29, 0.717) is 40.2 Å². The first kappa shape index (κ1) is 54.9. The molecule has 9 rings (SSSR count). The Hall–Kier alpha value is -5.89. The van der Waals surface area contributed by atoms with Crippen LogP contribution in [-0.4, -0.2) is 117 Å². The van der Waals surface area contributed by atoms with E-state index in [-0.39, 0.29) is 42.5 Å². The minimum atomic E-state index is -2.90. The maximum absolute atomic E-state index is 13.5. The van der Waals surface area contributed by atoms with Crippen molar-refractivity contribution < 1.29 is 42.0 Å². The number of carbonyl (C=O) groups excluding carboxylic acids is 1. The zero-order valence-corrected chi connectivity index (χ0v) is 47.6. The Bertz CT molecular complexity index is 3270. The van der Waals surface area contributed by atoms with Crippen LogP contribution in [-0.2, 0) is 33.3 Å². The van der Waals surface area contributed by atoms with Crippen LogP contribution in [0.25, 0.3) is 11.2 Å². The number of aromatic nitrogens is 6. The van der Waals surface area contributed by atoms with Gasteiger partial charge < -0.3 is 0 Å². The quantitative estimate of drug-likeness (QED) is 0.0442. The molecule has 0 bridgehead atoms. The Morgan fingerprint density at radius 2 is 1.36 bits per heavy atom. The van der Waals surface area contributed by atoms with Gasteiger partial charge in [0.05, 0.1) is 14.2 Å². The van der Waals surface area contributed by atoms with E-state index in [1.165, 1.54) is 17.1 Å². The summed E-state index contributed by atoms with van der Waals surface area (Å²) < 4.78 is 56.3. The van der Waals surface area contributed by atoms with E-state index in [0.717, 1.165) is 16.7 Å². The van der Waals surface area contributed by atoms with Gasteiger partial charge in [-0.3, -0.25) is 4.79 Å². The van der Waals surface area contributed by atoms with Crippen LogP contribution in [0.15, 0.2) is 138 Å². The van der Waals surface area contributed by atoms with Crippen LogP contribution in [0.1, 0.15) is 78.7 Å². The maximum atomic E-state index is 13.5. The van der Waals surface area contributed by atoms with E-state index in [1.54, 1.807) is 51.7 Å². The molecule has 400 valence electrons. The van der Waals surface area contributed by atoms with Gasteiger partial charge in [-0.25, -0.2) is 0 Å². The Balaban J connectivity index is 1.00. The second-order valence-electron chi connectivity index (χ2n) is 20.5. The molecule has 2 fully saturated rings. The number of hydrogen-bond donors (Lipinski definition) is 2. The van der Waals surface area contributed by atoms with Gasteiger partial charge in [0, 0.05) is 5.56 Å². The van der Waals surface area contributed by atoms with E-state index in [4.69, 9.17) is 37.2 Å². The Morgan fingerprint density at radius 3 is 1.96 bits per heavy atom. The molecule has 0 aliphatic carbocycles. The number of benzene rings is 4. The average molecular weight is 1140 g/mol. The number of rotatable bonds is 19. The number of amides is 1. The van der Waals surface area contributed by atoms with Crippen LogP contribution in [0.2, 0.25) is 18.1 Å². The molecular formula is C55H64N7O11PSeSi. The molecule has 0 saturated carbocycles. The van der Waals surface area contributed by atoms with Crippen molar-refractivity contribution in [1.29, 1.82) is 0 Å². The van der Waals surface area contributed by atoms with Crippen LogP contribution < -0.4 is 26.0 Å². The Kier molecular flexibility index (Phi) is 16.3. The number of aromatic amines is 1. The average Bonchev–Trinajstić information content (AvgIpc) is 4.16. The van der Waals surface area contributed by atoms with Gasteiger partial charge >= 0.3 is 397 Å². The molecular weight excluding hydrogens is 1070 g/mol. The molecule has 7 atom stereocenters. The van der Waals surface area contributed by atoms with Crippen LogP contribution >= 0.6 is 5.96 Å². The zero-order chi connectivity index (χ0) is 54.0. The molecule has 2 saturated heterocycles. The van der Waals surface area contributed by atoms with Crippen molar-refractivity contribution in [3.63, 3.8) is 0 Å². The normalized spacial score (nSPS) is 20.9. The van der Waals surface area contributed by atoms with Gasteiger partial charge in [-0.15, -0.1) is 0 Å². The molecule has 2 aliphatic rings. The van der Waals surface area contributed by atoms with Crippen LogP contribution in [0, 0.1) is 6.92 Å². The van der Waals surface area contributed by atoms with Crippen molar-refractivity contribution in [2.45, 2.75) is 101 Å². The van der Waals surface area contributed by atoms with E-state index in [2.05, 4.69) is 74.2 Å². The van der Waals surface area contributed by atoms with Crippen molar-refractivity contribution in [2.24, 2.45) is 0 Å². The fourth-order valence-electron chi connectivity index (χ4n) is 9.32. The number of ether oxygens (including phenoxy) is 5. The summed E-state index contributed by atoms with van der Waals surface area (Å²) in [5.41, 5.74) is 1.95. The van der Waals surface area contributed by atoms with Crippen LogP contribution in [0.5, 0.6) is 11.5 Å². The van der Waals surface area contributed by atoms with Crippen molar-refractivity contribution in [1.82, 2.24) is 29.1 Å². The van der Waals surface area contributed by atoms with Gasteiger partial charge in [0.25, 0.3) is 0 Å². The van der Waals surface area contributed by atoms with Gasteiger partial charge in [-0.1, -0.05) is 18.2 Å². The summed E-state index contributed by atoms with van der Waals surface area (Å²) >= 11 is 3.24. The van der Waals surface area contributed by atoms with Crippen molar-refractivity contribution in [3.8, 4) is 11.5 Å². The second kappa shape index (κ2) is 22.6.